The van der Waals surface area contributed by atoms with Gasteiger partial charge < -0.3 is 5.11 Å². The number of nitrogens with zero attached hydrogens (tertiary/aromatic N) is 2. The molecule has 1 heterocycles. The molecule has 1 N–H and O–H groups in total. The van der Waals surface area contributed by atoms with Gasteiger partial charge in [0.05, 0.1) is 5.69 Å². The Morgan fingerprint density at radius 2 is 2.40 bits per heavy atom. The van der Waals surface area contributed by atoms with Crippen LogP contribution in [0.3, 0.4) is 0 Å². The van der Waals surface area contributed by atoms with Crippen molar-refractivity contribution >= 4 is 0 Å². The molecule has 0 aliphatic rings. The number of hydrogen-bond donors (Lipinski definition) is 1. The third kappa shape index (κ3) is 1.22. The highest BCUT2D eigenvalue weighted by Crippen LogP contribution is 1.83. The van der Waals surface area contributed by atoms with Gasteiger partial charge in [-0.2, -0.15) is 5.10 Å². The maximum Gasteiger partial charge on any atom is 0.268 e. The van der Waals surface area contributed by atoms with Crippen LogP contribution >= 0.6 is 0 Å². The maximum atomic E-state index is 10.7. The molecule has 0 aliphatic heterocycles. The van der Waals surface area contributed by atoms with Crippen LogP contribution in [0.5, 0.6) is 0 Å². The van der Waals surface area contributed by atoms with Crippen molar-refractivity contribution < 1.29 is 5.11 Å². The molecule has 0 saturated carbocycles. The zero-order valence-electron chi connectivity index (χ0n) is 5.61. The van der Waals surface area contributed by atoms with Crippen LogP contribution in [0.1, 0.15) is 5.69 Å². The molecule has 4 nitrogen and oxygen atoms in total. The third-order valence-electron chi connectivity index (χ3n) is 1.13. The van der Waals surface area contributed by atoms with Gasteiger partial charge in [-0.05, 0) is 13.0 Å². The number of aliphatic hydroxyl groups excluding tert-OH is 1. The minimum Gasteiger partial charge on any atom is -0.374 e. The van der Waals surface area contributed by atoms with E-state index >= 15 is 0 Å². The Morgan fingerprint density at radius 3 is 2.90 bits per heavy atom. The van der Waals surface area contributed by atoms with E-state index in [9.17, 15) is 4.79 Å². The number of hydrogen-bond acceptors (Lipinski definition) is 3. The van der Waals surface area contributed by atoms with E-state index in [1.54, 1.807) is 13.0 Å². The van der Waals surface area contributed by atoms with E-state index in [0.717, 1.165) is 4.68 Å². The second kappa shape index (κ2) is 2.62. The van der Waals surface area contributed by atoms with Crippen molar-refractivity contribution in [3.05, 3.63) is 28.2 Å². The van der Waals surface area contributed by atoms with E-state index < -0.39 is 0 Å². The summed E-state index contributed by atoms with van der Waals surface area (Å²) in [6.07, 6.45) is 0. The third-order valence-corrected chi connectivity index (χ3v) is 1.13. The molecule has 54 valence electrons. The van der Waals surface area contributed by atoms with E-state index in [4.69, 9.17) is 5.11 Å². The van der Waals surface area contributed by atoms with Gasteiger partial charge >= 0.3 is 0 Å². The molecule has 0 aromatic carbocycles. The molecule has 0 aliphatic carbocycles. The monoisotopic (exact) mass is 140 g/mol. The molecule has 1 rings (SSSR count). The van der Waals surface area contributed by atoms with E-state index in [-0.39, 0.29) is 12.3 Å². The number of rotatable bonds is 1. The quantitative estimate of drug-likeness (QED) is 0.572. The summed E-state index contributed by atoms with van der Waals surface area (Å²) in [4.78, 5) is 10.7. The molecule has 0 atom stereocenters. The van der Waals surface area contributed by atoms with Crippen LogP contribution in [-0.2, 0) is 6.73 Å². The molecule has 0 amide bonds. The molecule has 0 saturated heterocycles. The summed E-state index contributed by atoms with van der Waals surface area (Å²) in [5.41, 5.74) is 0.432. The van der Waals surface area contributed by atoms with E-state index in [1.165, 1.54) is 6.07 Å². The molecule has 4 heteroatoms. The van der Waals surface area contributed by atoms with Crippen molar-refractivity contribution in [2.45, 2.75) is 13.7 Å². The standard InChI is InChI=1S/C6H8N2O2/c1-5-2-3-6(10)8(4-9)7-5/h2-3,9H,4H2,1H3. The first-order valence-electron chi connectivity index (χ1n) is 2.89. The summed E-state index contributed by atoms with van der Waals surface area (Å²) in [6, 6.07) is 2.98. The molecule has 0 unspecified atom stereocenters. The fourth-order valence-electron chi connectivity index (χ4n) is 0.652. The molecule has 0 bridgehead atoms. The topological polar surface area (TPSA) is 55.1 Å². The molecule has 1 aromatic rings. The van der Waals surface area contributed by atoms with Gasteiger partial charge in [-0.1, -0.05) is 0 Å². The Morgan fingerprint density at radius 1 is 1.70 bits per heavy atom. The highest BCUT2D eigenvalue weighted by Gasteiger charge is 1.92. The van der Waals surface area contributed by atoms with Gasteiger partial charge in [-0.3, -0.25) is 4.79 Å². The van der Waals surface area contributed by atoms with Gasteiger partial charge in [0.15, 0.2) is 0 Å². The van der Waals surface area contributed by atoms with E-state index in [2.05, 4.69) is 5.10 Å². The van der Waals surface area contributed by atoms with Crippen molar-refractivity contribution in [1.82, 2.24) is 9.78 Å². The number of aryl methyl sites for hydroxylation is 1. The smallest absolute Gasteiger partial charge is 0.268 e. The van der Waals surface area contributed by atoms with Crippen molar-refractivity contribution in [3.8, 4) is 0 Å². The highest BCUT2D eigenvalue weighted by atomic mass is 16.3. The van der Waals surface area contributed by atoms with Crippen molar-refractivity contribution in [2.75, 3.05) is 0 Å². The zero-order valence-corrected chi connectivity index (χ0v) is 5.61. The molecule has 0 spiro atoms. The first-order chi connectivity index (χ1) is 4.74. The Labute approximate surface area is 57.7 Å². The molecular weight excluding hydrogens is 132 g/mol. The summed E-state index contributed by atoms with van der Waals surface area (Å²) in [6.45, 7) is 1.39. The van der Waals surface area contributed by atoms with Gasteiger partial charge in [0.1, 0.15) is 6.73 Å². The first-order valence-corrected chi connectivity index (χ1v) is 2.89. The van der Waals surface area contributed by atoms with Gasteiger partial charge in [0.2, 0.25) is 0 Å². The fourth-order valence-corrected chi connectivity index (χ4v) is 0.652. The highest BCUT2D eigenvalue weighted by molar-refractivity contribution is 4.96. The molecular formula is C6H8N2O2. The van der Waals surface area contributed by atoms with E-state index in [0.29, 0.717) is 5.69 Å². The Bertz CT molecular complexity index is 279. The van der Waals surface area contributed by atoms with Crippen LogP contribution in [0.25, 0.3) is 0 Å². The van der Waals surface area contributed by atoms with Gasteiger partial charge in [0.25, 0.3) is 5.56 Å². The predicted octanol–water partition coefficient (Wildman–Crippen LogP) is -0.498. The lowest BCUT2D eigenvalue weighted by molar-refractivity contribution is 0.188. The summed E-state index contributed by atoms with van der Waals surface area (Å²) in [7, 11) is 0. The zero-order chi connectivity index (χ0) is 7.56. The number of aromatic nitrogens is 2. The van der Waals surface area contributed by atoms with Crippen LogP contribution in [0.2, 0.25) is 0 Å². The lowest BCUT2D eigenvalue weighted by Gasteiger charge is -1.97. The summed E-state index contributed by atoms with van der Waals surface area (Å²) in [5, 5.41) is 12.3. The summed E-state index contributed by atoms with van der Waals surface area (Å²) in [5.74, 6) is 0. The van der Waals surface area contributed by atoms with E-state index in [1.807, 2.05) is 0 Å². The van der Waals surface area contributed by atoms with Crippen molar-refractivity contribution in [2.24, 2.45) is 0 Å². The molecule has 1 aromatic heterocycles. The summed E-state index contributed by atoms with van der Waals surface area (Å²) < 4.78 is 0.995. The lowest BCUT2D eigenvalue weighted by atomic mass is 10.4. The van der Waals surface area contributed by atoms with Crippen LogP contribution < -0.4 is 5.56 Å². The Hall–Kier alpha value is -1.16. The minimum absolute atomic E-state index is 0.284. The Kier molecular flexibility index (Phi) is 1.82. The lowest BCUT2D eigenvalue weighted by Crippen LogP contribution is -2.22. The van der Waals surface area contributed by atoms with Crippen LogP contribution in [-0.4, -0.2) is 14.9 Å². The minimum atomic E-state index is -0.361. The van der Waals surface area contributed by atoms with Crippen LogP contribution in [0, 0.1) is 6.92 Å². The summed E-state index contributed by atoms with van der Waals surface area (Å²) >= 11 is 0. The number of aliphatic hydroxyl groups is 1. The molecule has 0 radical (unpaired) electrons. The average Bonchev–Trinajstić information content (AvgIpc) is 1.94. The average molecular weight is 140 g/mol. The van der Waals surface area contributed by atoms with Gasteiger partial charge in [0, 0.05) is 6.07 Å². The normalized spacial score (nSPS) is 9.80. The SMILES string of the molecule is Cc1ccc(=O)n(CO)n1. The molecule has 0 fully saturated rings. The second-order valence-electron chi connectivity index (χ2n) is 1.95. The Balaban J connectivity index is 3.22. The first kappa shape index (κ1) is 6.95. The maximum absolute atomic E-state index is 10.7. The molecule has 10 heavy (non-hydrogen) atoms. The van der Waals surface area contributed by atoms with Crippen LogP contribution in [0.4, 0.5) is 0 Å². The van der Waals surface area contributed by atoms with Crippen LogP contribution in [0.15, 0.2) is 16.9 Å². The second-order valence-corrected chi connectivity index (χ2v) is 1.95. The van der Waals surface area contributed by atoms with Crippen molar-refractivity contribution in [1.29, 1.82) is 0 Å². The van der Waals surface area contributed by atoms with Crippen molar-refractivity contribution in [3.63, 3.8) is 0 Å². The van der Waals surface area contributed by atoms with Gasteiger partial charge in [-0.25, -0.2) is 4.68 Å². The van der Waals surface area contributed by atoms with Gasteiger partial charge in [-0.15, -0.1) is 0 Å². The fraction of sp³-hybridized carbons (Fsp3) is 0.333. The largest absolute Gasteiger partial charge is 0.374 e. The predicted molar refractivity (Wildman–Crippen MR) is 35.5 cm³/mol.